The topological polar surface area (TPSA) is 67.9 Å². The predicted octanol–water partition coefficient (Wildman–Crippen LogP) is 3.88. The highest BCUT2D eigenvalue weighted by molar-refractivity contribution is 6.36. The lowest BCUT2D eigenvalue weighted by atomic mass is 9.97. The Labute approximate surface area is 170 Å². The maximum Gasteiger partial charge on any atom is 0.278 e. The molecule has 0 aromatic heterocycles. The number of nitrogens with zero attached hydrogens (tertiary/aromatic N) is 1. The van der Waals surface area contributed by atoms with Crippen molar-refractivity contribution in [3.63, 3.8) is 0 Å². The first kappa shape index (κ1) is 19.1. The van der Waals surface area contributed by atoms with Crippen molar-refractivity contribution in [3.05, 3.63) is 58.8 Å². The van der Waals surface area contributed by atoms with Crippen molar-refractivity contribution in [3.8, 4) is 11.5 Å². The summed E-state index contributed by atoms with van der Waals surface area (Å²) in [5.74, 6) is 0.872. The smallest absolute Gasteiger partial charge is 0.278 e. The second-order valence-electron chi connectivity index (χ2n) is 7.88. The van der Waals surface area contributed by atoms with Gasteiger partial charge in [0.2, 0.25) is 6.79 Å². The van der Waals surface area contributed by atoms with Gasteiger partial charge in [-0.15, -0.1) is 0 Å². The van der Waals surface area contributed by atoms with E-state index >= 15 is 0 Å². The number of anilines is 1. The van der Waals surface area contributed by atoms with Crippen molar-refractivity contribution < 1.29 is 19.1 Å². The van der Waals surface area contributed by atoms with Crippen LogP contribution in [0.3, 0.4) is 0 Å². The summed E-state index contributed by atoms with van der Waals surface area (Å²) >= 11 is 0. The van der Waals surface area contributed by atoms with E-state index in [1.165, 1.54) is 4.90 Å². The summed E-state index contributed by atoms with van der Waals surface area (Å²) in [5.41, 5.74) is 4.19. The molecule has 6 heteroatoms. The van der Waals surface area contributed by atoms with Gasteiger partial charge < -0.3 is 14.8 Å². The number of hydrogen-bond donors (Lipinski definition) is 1. The van der Waals surface area contributed by atoms with Crippen molar-refractivity contribution in [1.82, 2.24) is 4.90 Å². The molecular weight excluding hydrogens is 368 g/mol. The molecule has 6 nitrogen and oxygen atoms in total. The van der Waals surface area contributed by atoms with Crippen LogP contribution in [0.1, 0.15) is 30.5 Å². The van der Waals surface area contributed by atoms with Crippen LogP contribution in [0.2, 0.25) is 0 Å². The highest BCUT2D eigenvalue weighted by atomic mass is 16.7. The van der Waals surface area contributed by atoms with Gasteiger partial charge in [0.25, 0.3) is 11.8 Å². The summed E-state index contributed by atoms with van der Waals surface area (Å²) in [4.78, 5) is 27.7. The van der Waals surface area contributed by atoms with Gasteiger partial charge in [-0.3, -0.25) is 14.5 Å². The van der Waals surface area contributed by atoms with Crippen LogP contribution in [0.4, 0.5) is 5.69 Å². The summed E-state index contributed by atoms with van der Waals surface area (Å²) in [5, 5.41) is 3.18. The number of benzene rings is 2. The third kappa shape index (κ3) is 3.46. The van der Waals surface area contributed by atoms with E-state index in [1.54, 1.807) is 12.1 Å². The molecule has 2 aromatic carbocycles. The highest BCUT2D eigenvalue weighted by Gasteiger charge is 2.40. The van der Waals surface area contributed by atoms with Crippen molar-refractivity contribution in [2.45, 2.75) is 27.7 Å². The van der Waals surface area contributed by atoms with Crippen LogP contribution in [-0.4, -0.2) is 30.1 Å². The molecule has 0 unspecified atom stereocenters. The second-order valence-corrected chi connectivity index (χ2v) is 7.88. The van der Waals surface area contributed by atoms with E-state index in [0.29, 0.717) is 35.0 Å². The number of fused-ring (bicyclic) bond motifs is 1. The van der Waals surface area contributed by atoms with Gasteiger partial charge in [0.1, 0.15) is 5.70 Å². The average molecular weight is 392 g/mol. The third-order valence-electron chi connectivity index (χ3n) is 5.01. The van der Waals surface area contributed by atoms with Gasteiger partial charge >= 0.3 is 0 Å². The normalized spacial score (nSPS) is 15.7. The monoisotopic (exact) mass is 392 g/mol. The number of hydrogen-bond acceptors (Lipinski definition) is 5. The average Bonchev–Trinajstić information content (AvgIpc) is 3.21. The van der Waals surface area contributed by atoms with Gasteiger partial charge in [-0.25, -0.2) is 0 Å². The number of ether oxygens (including phenoxy) is 2. The van der Waals surface area contributed by atoms with Crippen LogP contribution in [-0.2, 0) is 9.59 Å². The molecule has 0 radical (unpaired) electrons. The molecule has 2 aliphatic rings. The molecule has 0 aliphatic carbocycles. The summed E-state index contributed by atoms with van der Waals surface area (Å²) in [6.07, 6.45) is 0. The lowest BCUT2D eigenvalue weighted by molar-refractivity contribution is -0.137. The number of carbonyl (C=O) groups excluding carboxylic acids is 2. The lowest BCUT2D eigenvalue weighted by Crippen LogP contribution is -2.35. The third-order valence-corrected chi connectivity index (χ3v) is 5.01. The minimum Gasteiger partial charge on any atom is -0.454 e. The SMILES string of the molecule is Cc1ccc(C2=C(Nc3ccc4c(c3)OCO4)C(=O)N(CC(C)C)C2=O)c(C)c1. The van der Waals surface area contributed by atoms with Gasteiger partial charge in [0, 0.05) is 18.3 Å². The molecule has 1 N–H and O–H groups in total. The zero-order valence-corrected chi connectivity index (χ0v) is 17.0. The van der Waals surface area contributed by atoms with Gasteiger partial charge in [0.05, 0.1) is 5.57 Å². The second kappa shape index (κ2) is 7.28. The molecule has 29 heavy (non-hydrogen) atoms. The molecular formula is C23H24N2O4. The summed E-state index contributed by atoms with van der Waals surface area (Å²) < 4.78 is 10.8. The maximum absolute atomic E-state index is 13.2. The van der Waals surface area contributed by atoms with Crippen molar-refractivity contribution in [2.24, 2.45) is 5.92 Å². The van der Waals surface area contributed by atoms with E-state index in [2.05, 4.69) is 5.32 Å². The molecule has 2 amide bonds. The fraction of sp³-hybridized carbons (Fsp3) is 0.304. The first-order chi connectivity index (χ1) is 13.8. The Balaban J connectivity index is 1.79. The zero-order chi connectivity index (χ0) is 20.7. The summed E-state index contributed by atoms with van der Waals surface area (Å²) in [6, 6.07) is 11.3. The van der Waals surface area contributed by atoms with E-state index in [9.17, 15) is 9.59 Å². The Kier molecular flexibility index (Phi) is 4.78. The maximum atomic E-state index is 13.2. The Morgan fingerprint density at radius 2 is 1.76 bits per heavy atom. The van der Waals surface area contributed by atoms with Gasteiger partial charge in [0.15, 0.2) is 11.5 Å². The lowest BCUT2D eigenvalue weighted by Gasteiger charge is -2.17. The van der Waals surface area contributed by atoms with Crippen molar-refractivity contribution in [1.29, 1.82) is 0 Å². The molecule has 0 fully saturated rings. The van der Waals surface area contributed by atoms with E-state index < -0.39 is 0 Å². The molecule has 0 bridgehead atoms. The molecule has 0 spiro atoms. The van der Waals surface area contributed by atoms with Crippen LogP contribution < -0.4 is 14.8 Å². The Morgan fingerprint density at radius 1 is 1.00 bits per heavy atom. The minimum absolute atomic E-state index is 0.174. The molecule has 2 aromatic rings. The van der Waals surface area contributed by atoms with E-state index in [-0.39, 0.29) is 24.5 Å². The molecule has 0 atom stereocenters. The number of amides is 2. The fourth-order valence-electron chi connectivity index (χ4n) is 3.69. The van der Waals surface area contributed by atoms with Crippen molar-refractivity contribution >= 4 is 23.1 Å². The van der Waals surface area contributed by atoms with Crippen LogP contribution >= 0.6 is 0 Å². The Morgan fingerprint density at radius 3 is 2.48 bits per heavy atom. The number of nitrogens with one attached hydrogen (secondary N) is 1. The number of carbonyl (C=O) groups is 2. The molecule has 150 valence electrons. The quantitative estimate of drug-likeness (QED) is 0.782. The molecule has 4 rings (SSSR count). The van der Waals surface area contributed by atoms with Gasteiger partial charge in [-0.2, -0.15) is 0 Å². The number of rotatable bonds is 5. The number of aryl methyl sites for hydroxylation is 2. The first-order valence-corrected chi connectivity index (χ1v) is 9.70. The van der Waals surface area contributed by atoms with Gasteiger partial charge in [-0.05, 0) is 43.0 Å². The van der Waals surface area contributed by atoms with Crippen LogP contribution in [0.5, 0.6) is 11.5 Å². The Bertz CT molecular complexity index is 1040. The number of imide groups is 1. The molecule has 0 saturated heterocycles. The summed E-state index contributed by atoms with van der Waals surface area (Å²) in [6.45, 7) is 8.48. The standard InChI is InChI=1S/C23H24N2O4/c1-13(2)11-25-22(26)20(17-7-5-14(3)9-15(17)4)21(23(25)27)24-16-6-8-18-19(10-16)29-12-28-18/h5-10,13,24H,11-12H2,1-4H3. The Hall–Kier alpha value is -3.28. The van der Waals surface area contributed by atoms with Crippen LogP contribution in [0.15, 0.2) is 42.1 Å². The van der Waals surface area contributed by atoms with Crippen LogP contribution in [0, 0.1) is 19.8 Å². The van der Waals surface area contributed by atoms with Crippen molar-refractivity contribution in [2.75, 3.05) is 18.7 Å². The van der Waals surface area contributed by atoms with E-state index in [4.69, 9.17) is 9.47 Å². The first-order valence-electron chi connectivity index (χ1n) is 9.70. The molecule has 2 heterocycles. The fourth-order valence-corrected chi connectivity index (χ4v) is 3.69. The van der Waals surface area contributed by atoms with Crippen LogP contribution in [0.25, 0.3) is 5.57 Å². The van der Waals surface area contributed by atoms with E-state index in [1.807, 2.05) is 52.0 Å². The van der Waals surface area contributed by atoms with Gasteiger partial charge in [-0.1, -0.05) is 37.6 Å². The highest BCUT2D eigenvalue weighted by Crippen LogP contribution is 2.37. The summed E-state index contributed by atoms with van der Waals surface area (Å²) in [7, 11) is 0. The molecule has 0 saturated carbocycles. The minimum atomic E-state index is -0.309. The largest absolute Gasteiger partial charge is 0.454 e. The predicted molar refractivity (Wildman–Crippen MR) is 111 cm³/mol. The molecule has 2 aliphatic heterocycles. The van der Waals surface area contributed by atoms with E-state index in [0.717, 1.165) is 16.7 Å². The zero-order valence-electron chi connectivity index (χ0n) is 17.0.